The smallest absolute Gasteiger partial charge is 0.330 e. The summed E-state index contributed by atoms with van der Waals surface area (Å²) in [7, 11) is 0. The van der Waals surface area contributed by atoms with Crippen LogP contribution in [0.1, 0.15) is 25.1 Å². The number of nitrogens with one attached hydrogen (secondary N) is 2. The molecule has 3 rings (SSSR count). The van der Waals surface area contributed by atoms with Gasteiger partial charge < -0.3 is 19.9 Å². The number of halogens is 4. The van der Waals surface area contributed by atoms with Gasteiger partial charge in [-0.1, -0.05) is 34.8 Å². The topological polar surface area (TPSA) is 123 Å². The van der Waals surface area contributed by atoms with Crippen LogP contribution in [-0.4, -0.2) is 51.3 Å². The van der Waals surface area contributed by atoms with E-state index in [1.807, 2.05) is 0 Å². The van der Waals surface area contributed by atoms with Gasteiger partial charge in [0.05, 0.1) is 21.2 Å². The average molecular weight is 541 g/mol. The molecule has 1 aliphatic rings. The summed E-state index contributed by atoms with van der Waals surface area (Å²) >= 11 is 23.6. The number of alkyl halides is 1. The Bertz CT molecular complexity index is 1140. The molecule has 1 aliphatic heterocycles. The summed E-state index contributed by atoms with van der Waals surface area (Å²) in [5.41, 5.74) is -0.859. The molecule has 1 saturated heterocycles. The average Bonchev–Trinajstić information content (AvgIpc) is 3.12. The number of aromatic amines is 1. The van der Waals surface area contributed by atoms with E-state index in [9.17, 15) is 19.5 Å². The summed E-state index contributed by atoms with van der Waals surface area (Å²) in [6.45, 7) is 1.48. The predicted octanol–water partition coefficient (Wildman–Crippen LogP) is 2.51. The Hall–Kier alpha value is -1.75. The maximum atomic E-state index is 12.5. The molecule has 1 amide bonds. The van der Waals surface area contributed by atoms with Gasteiger partial charge in [-0.2, -0.15) is 0 Å². The quantitative estimate of drug-likeness (QED) is 0.349. The summed E-state index contributed by atoms with van der Waals surface area (Å²) in [4.78, 5) is 38.7. The number of aliphatic hydroxyl groups excluding tert-OH is 1. The summed E-state index contributed by atoms with van der Waals surface area (Å²) in [5.74, 6) is -0.0873. The van der Waals surface area contributed by atoms with Gasteiger partial charge in [-0.15, -0.1) is 11.6 Å². The number of carbonyl (C=O) groups excluding carboxylic acids is 1. The normalized spacial score (nSPS) is 21.1. The molecule has 0 spiro atoms. The van der Waals surface area contributed by atoms with E-state index in [-0.39, 0.29) is 46.1 Å². The van der Waals surface area contributed by atoms with Crippen molar-refractivity contribution in [3.05, 3.63) is 59.8 Å². The molecule has 0 radical (unpaired) electrons. The maximum absolute atomic E-state index is 12.5. The van der Waals surface area contributed by atoms with Crippen molar-refractivity contribution in [1.29, 1.82) is 0 Å². The molecule has 0 bridgehead atoms. The van der Waals surface area contributed by atoms with Crippen molar-refractivity contribution in [3.63, 3.8) is 0 Å². The first-order valence-corrected chi connectivity index (χ1v) is 11.6. The number of aliphatic hydroxyl groups is 1. The number of hydrogen-bond acceptors (Lipinski definition) is 6. The highest BCUT2D eigenvalue weighted by molar-refractivity contribution is 6.43. The molecular formula is C20H21Cl4N3O6. The van der Waals surface area contributed by atoms with Crippen LogP contribution in [0.25, 0.3) is 0 Å². The Morgan fingerprint density at radius 2 is 2.00 bits per heavy atom. The van der Waals surface area contributed by atoms with E-state index in [1.54, 1.807) is 0 Å². The SMILES string of the molecule is CC(Oc1cc(Cl)c(Cl)cc1Cl)C(=O)NC[C@@H]1O[C@H](n2cc(CCCl)c(=O)[nH]c2=O)CC1O. The fourth-order valence-corrected chi connectivity index (χ4v) is 4.06. The first-order chi connectivity index (χ1) is 15.6. The number of amides is 1. The summed E-state index contributed by atoms with van der Waals surface area (Å²) in [6, 6.07) is 2.82. The second kappa shape index (κ2) is 11.1. The van der Waals surface area contributed by atoms with E-state index >= 15 is 0 Å². The molecule has 180 valence electrons. The maximum Gasteiger partial charge on any atom is 0.330 e. The third-order valence-corrected chi connectivity index (χ3v) is 6.25. The zero-order valence-electron chi connectivity index (χ0n) is 17.3. The molecule has 13 heteroatoms. The summed E-state index contributed by atoms with van der Waals surface area (Å²) < 4.78 is 12.5. The minimum absolute atomic E-state index is 0.0358. The van der Waals surface area contributed by atoms with Crippen molar-refractivity contribution < 1.29 is 19.4 Å². The molecule has 33 heavy (non-hydrogen) atoms. The van der Waals surface area contributed by atoms with Crippen LogP contribution in [0, 0.1) is 0 Å². The molecule has 9 nitrogen and oxygen atoms in total. The van der Waals surface area contributed by atoms with Crippen molar-refractivity contribution in [2.45, 2.75) is 44.3 Å². The summed E-state index contributed by atoms with van der Waals surface area (Å²) in [5, 5.41) is 13.7. The van der Waals surface area contributed by atoms with Crippen LogP contribution in [0.15, 0.2) is 27.9 Å². The molecule has 3 N–H and O–H groups in total. The highest BCUT2D eigenvalue weighted by Crippen LogP contribution is 2.34. The van der Waals surface area contributed by atoms with Crippen LogP contribution in [0.5, 0.6) is 5.75 Å². The minimum atomic E-state index is -0.952. The van der Waals surface area contributed by atoms with Crippen LogP contribution >= 0.6 is 46.4 Å². The fourth-order valence-electron chi connectivity index (χ4n) is 3.27. The number of rotatable bonds is 8. The molecule has 0 saturated carbocycles. The van der Waals surface area contributed by atoms with E-state index in [1.165, 1.54) is 29.8 Å². The highest BCUT2D eigenvalue weighted by atomic mass is 35.5. The summed E-state index contributed by atoms with van der Waals surface area (Å²) in [6.07, 6.45) is -1.75. The number of benzene rings is 1. The molecule has 1 aromatic carbocycles. The Morgan fingerprint density at radius 3 is 2.70 bits per heavy atom. The molecular weight excluding hydrogens is 520 g/mol. The molecule has 1 fully saturated rings. The number of ether oxygens (including phenoxy) is 2. The van der Waals surface area contributed by atoms with Crippen LogP contribution < -0.4 is 21.3 Å². The lowest BCUT2D eigenvalue weighted by Crippen LogP contribution is -2.42. The monoisotopic (exact) mass is 539 g/mol. The van der Waals surface area contributed by atoms with E-state index in [0.717, 1.165) is 0 Å². The lowest BCUT2D eigenvalue weighted by Gasteiger charge is -2.19. The minimum Gasteiger partial charge on any atom is -0.479 e. The van der Waals surface area contributed by atoms with Crippen molar-refractivity contribution in [2.75, 3.05) is 12.4 Å². The van der Waals surface area contributed by atoms with Crippen LogP contribution in [0.2, 0.25) is 15.1 Å². The molecule has 2 heterocycles. The molecule has 1 aromatic heterocycles. The van der Waals surface area contributed by atoms with Crippen LogP contribution in [0.3, 0.4) is 0 Å². The molecule has 4 atom stereocenters. The fraction of sp³-hybridized carbons (Fsp3) is 0.450. The molecule has 0 aliphatic carbocycles. The third kappa shape index (κ3) is 6.23. The van der Waals surface area contributed by atoms with Gasteiger partial charge in [0.15, 0.2) is 6.10 Å². The van der Waals surface area contributed by atoms with Gasteiger partial charge in [0, 0.05) is 36.7 Å². The van der Waals surface area contributed by atoms with E-state index in [0.29, 0.717) is 5.56 Å². The number of carbonyl (C=O) groups is 1. The highest BCUT2D eigenvalue weighted by Gasteiger charge is 2.36. The first-order valence-electron chi connectivity index (χ1n) is 9.93. The van der Waals surface area contributed by atoms with Gasteiger partial charge >= 0.3 is 5.69 Å². The Kier molecular flexibility index (Phi) is 8.71. The number of H-pyrrole nitrogens is 1. The molecule has 2 unspecified atom stereocenters. The Balaban J connectivity index is 1.61. The third-order valence-electron chi connectivity index (χ3n) is 5.05. The number of aromatic nitrogens is 2. The van der Waals surface area contributed by atoms with Crippen molar-refractivity contribution in [3.8, 4) is 5.75 Å². The van der Waals surface area contributed by atoms with Gasteiger partial charge in [0.25, 0.3) is 11.5 Å². The lowest BCUT2D eigenvalue weighted by molar-refractivity contribution is -0.128. The van der Waals surface area contributed by atoms with Crippen molar-refractivity contribution >= 4 is 52.3 Å². The zero-order chi connectivity index (χ0) is 24.3. The second-order valence-electron chi connectivity index (χ2n) is 7.39. The van der Waals surface area contributed by atoms with E-state index < -0.39 is 41.7 Å². The van der Waals surface area contributed by atoms with Gasteiger partial charge in [0.1, 0.15) is 18.1 Å². The number of hydrogen-bond donors (Lipinski definition) is 3. The van der Waals surface area contributed by atoms with Gasteiger partial charge in [-0.05, 0) is 19.4 Å². The Morgan fingerprint density at radius 1 is 1.30 bits per heavy atom. The van der Waals surface area contributed by atoms with E-state index in [4.69, 9.17) is 55.9 Å². The van der Waals surface area contributed by atoms with Gasteiger partial charge in [-0.25, -0.2) is 4.79 Å². The van der Waals surface area contributed by atoms with Crippen molar-refractivity contribution in [2.24, 2.45) is 0 Å². The lowest BCUT2D eigenvalue weighted by atomic mass is 10.1. The van der Waals surface area contributed by atoms with Gasteiger partial charge in [-0.3, -0.25) is 19.1 Å². The van der Waals surface area contributed by atoms with Crippen LogP contribution in [-0.2, 0) is 16.0 Å². The second-order valence-corrected chi connectivity index (χ2v) is 8.99. The largest absolute Gasteiger partial charge is 0.479 e. The number of nitrogens with zero attached hydrogens (tertiary/aromatic N) is 1. The zero-order valence-corrected chi connectivity index (χ0v) is 20.3. The van der Waals surface area contributed by atoms with Crippen molar-refractivity contribution in [1.82, 2.24) is 14.9 Å². The molecule has 2 aromatic rings. The standard InChI is InChI=1S/C20H21Cl4N3O6/c1-9(32-15-5-12(23)11(22)4-13(15)24)18(29)25-7-16-14(28)6-17(33-16)27-8-10(2-3-21)19(30)26-20(27)31/h4-5,8-9,14,16-17,28H,2-3,6-7H2,1H3,(H,25,29)(H,26,30,31)/t9?,14?,16-,17-/m0/s1. The Labute approximate surface area is 208 Å². The van der Waals surface area contributed by atoms with Crippen LogP contribution in [0.4, 0.5) is 0 Å². The van der Waals surface area contributed by atoms with E-state index in [2.05, 4.69) is 10.3 Å². The van der Waals surface area contributed by atoms with Gasteiger partial charge in [0.2, 0.25) is 0 Å². The number of aryl methyl sites for hydroxylation is 1. The first kappa shape index (κ1) is 25.9. The predicted molar refractivity (Wildman–Crippen MR) is 125 cm³/mol.